The summed E-state index contributed by atoms with van der Waals surface area (Å²) in [6, 6.07) is 12.1. The Morgan fingerprint density at radius 2 is 1.96 bits per heavy atom. The monoisotopic (exact) mass is 365 g/mol. The molecule has 27 heavy (non-hydrogen) atoms. The molecular formula is C22H23NO4. The van der Waals surface area contributed by atoms with E-state index < -0.39 is 12.1 Å². The second-order valence-corrected chi connectivity index (χ2v) is 7.22. The van der Waals surface area contributed by atoms with Crippen molar-refractivity contribution in [2.45, 2.75) is 51.2 Å². The third kappa shape index (κ3) is 3.68. The Labute approximate surface area is 157 Å². The van der Waals surface area contributed by atoms with Crippen molar-refractivity contribution in [3.8, 4) is 0 Å². The second kappa shape index (κ2) is 7.43. The van der Waals surface area contributed by atoms with Gasteiger partial charge in [-0.05, 0) is 36.6 Å². The van der Waals surface area contributed by atoms with E-state index in [1.807, 2.05) is 36.4 Å². The van der Waals surface area contributed by atoms with Crippen molar-refractivity contribution < 1.29 is 18.7 Å². The van der Waals surface area contributed by atoms with Gasteiger partial charge in [0.15, 0.2) is 6.10 Å². The number of hydrogen-bond donors (Lipinski definition) is 1. The van der Waals surface area contributed by atoms with Crippen LogP contribution in [0.2, 0.25) is 0 Å². The normalized spacial score (nSPS) is 15.9. The van der Waals surface area contributed by atoms with E-state index in [4.69, 9.17) is 9.15 Å². The standard InChI is InChI=1S/C22H23NO4/c1-14(22(25)23-17-7-3-4-8-17)27-20(24)12-16-13-26-19-11-10-15-6-2-5-9-18(15)21(16)19/h2,5-6,9-11,13-14,17H,3-4,7-8,12H2,1H3,(H,23,25)/t14-/m0/s1. The summed E-state index contributed by atoms with van der Waals surface area (Å²) in [5.41, 5.74) is 1.51. The van der Waals surface area contributed by atoms with Gasteiger partial charge in [0, 0.05) is 17.0 Å². The molecule has 1 aliphatic rings. The molecule has 1 atom stereocenters. The molecule has 0 bridgehead atoms. The molecule has 1 saturated carbocycles. The highest BCUT2D eigenvalue weighted by atomic mass is 16.5. The maximum atomic E-state index is 12.4. The number of rotatable bonds is 5. The van der Waals surface area contributed by atoms with Gasteiger partial charge in [-0.15, -0.1) is 0 Å². The molecule has 2 aromatic carbocycles. The zero-order chi connectivity index (χ0) is 18.8. The van der Waals surface area contributed by atoms with Crippen molar-refractivity contribution in [3.05, 3.63) is 48.2 Å². The summed E-state index contributed by atoms with van der Waals surface area (Å²) in [5.74, 6) is -0.655. The van der Waals surface area contributed by atoms with Crippen LogP contribution in [0.25, 0.3) is 21.7 Å². The van der Waals surface area contributed by atoms with E-state index in [-0.39, 0.29) is 18.4 Å². The smallest absolute Gasteiger partial charge is 0.311 e. The number of nitrogens with one attached hydrogen (secondary N) is 1. The van der Waals surface area contributed by atoms with Gasteiger partial charge in [0.05, 0.1) is 12.7 Å². The number of amides is 1. The van der Waals surface area contributed by atoms with Crippen LogP contribution in [0, 0.1) is 0 Å². The molecule has 3 aromatic rings. The summed E-state index contributed by atoms with van der Waals surface area (Å²) >= 11 is 0. The molecule has 5 heteroatoms. The molecule has 1 N–H and O–H groups in total. The molecular weight excluding hydrogens is 342 g/mol. The number of fused-ring (bicyclic) bond motifs is 3. The van der Waals surface area contributed by atoms with Crippen LogP contribution in [0.3, 0.4) is 0 Å². The van der Waals surface area contributed by atoms with Gasteiger partial charge in [0.2, 0.25) is 0 Å². The number of carbonyl (C=O) groups is 2. The van der Waals surface area contributed by atoms with Crippen LogP contribution in [0.5, 0.6) is 0 Å². The summed E-state index contributed by atoms with van der Waals surface area (Å²) in [6.45, 7) is 1.62. The Morgan fingerprint density at radius 3 is 2.78 bits per heavy atom. The largest absolute Gasteiger partial charge is 0.464 e. The predicted octanol–water partition coefficient (Wildman–Crippen LogP) is 4.12. The molecule has 0 unspecified atom stereocenters. The van der Waals surface area contributed by atoms with Crippen molar-refractivity contribution in [1.82, 2.24) is 5.32 Å². The summed E-state index contributed by atoms with van der Waals surface area (Å²) in [5, 5.41) is 6.01. The fourth-order valence-electron chi connectivity index (χ4n) is 3.84. The van der Waals surface area contributed by atoms with E-state index in [1.54, 1.807) is 13.2 Å². The van der Waals surface area contributed by atoms with Gasteiger partial charge in [0.25, 0.3) is 5.91 Å². The van der Waals surface area contributed by atoms with Crippen molar-refractivity contribution >= 4 is 33.6 Å². The molecule has 1 amide bonds. The van der Waals surface area contributed by atoms with E-state index in [9.17, 15) is 9.59 Å². The van der Waals surface area contributed by atoms with Crippen molar-refractivity contribution in [3.63, 3.8) is 0 Å². The van der Waals surface area contributed by atoms with E-state index >= 15 is 0 Å². The SMILES string of the molecule is C[C@H](OC(=O)Cc1coc2ccc3ccccc3c12)C(=O)NC1CCCC1. The quantitative estimate of drug-likeness (QED) is 0.691. The Kier molecular flexibility index (Phi) is 4.84. The minimum atomic E-state index is -0.798. The highest BCUT2D eigenvalue weighted by Crippen LogP contribution is 2.30. The lowest BCUT2D eigenvalue weighted by Gasteiger charge is -2.17. The van der Waals surface area contributed by atoms with Crippen LogP contribution in [-0.4, -0.2) is 24.0 Å². The van der Waals surface area contributed by atoms with Crippen LogP contribution in [-0.2, 0) is 20.7 Å². The predicted molar refractivity (Wildman–Crippen MR) is 103 cm³/mol. The number of hydrogen-bond acceptors (Lipinski definition) is 4. The molecule has 1 fully saturated rings. The third-order valence-corrected chi connectivity index (χ3v) is 5.25. The third-order valence-electron chi connectivity index (χ3n) is 5.25. The number of furan rings is 1. The first-order chi connectivity index (χ1) is 13.1. The Bertz CT molecular complexity index is 984. The summed E-state index contributed by atoms with van der Waals surface area (Å²) in [7, 11) is 0. The summed E-state index contributed by atoms with van der Waals surface area (Å²) in [6.07, 6.45) is 5.15. The number of esters is 1. The Morgan fingerprint density at radius 1 is 1.19 bits per heavy atom. The van der Waals surface area contributed by atoms with Crippen LogP contribution in [0.1, 0.15) is 38.2 Å². The van der Waals surface area contributed by atoms with Gasteiger partial charge in [-0.2, -0.15) is 0 Å². The average molecular weight is 365 g/mol. The number of ether oxygens (including phenoxy) is 1. The van der Waals surface area contributed by atoms with E-state index in [2.05, 4.69) is 5.32 Å². The maximum absolute atomic E-state index is 12.4. The van der Waals surface area contributed by atoms with Gasteiger partial charge in [0.1, 0.15) is 5.58 Å². The van der Waals surface area contributed by atoms with Gasteiger partial charge < -0.3 is 14.5 Å². The minimum Gasteiger partial charge on any atom is -0.464 e. The number of benzene rings is 2. The molecule has 1 heterocycles. The fourth-order valence-corrected chi connectivity index (χ4v) is 3.84. The van der Waals surface area contributed by atoms with Crippen molar-refractivity contribution in [1.29, 1.82) is 0 Å². The second-order valence-electron chi connectivity index (χ2n) is 7.22. The van der Waals surface area contributed by atoms with E-state index in [1.165, 1.54) is 0 Å². The summed E-state index contributed by atoms with van der Waals surface area (Å²) in [4.78, 5) is 24.6. The van der Waals surface area contributed by atoms with Crippen LogP contribution in [0.4, 0.5) is 0 Å². The zero-order valence-electron chi connectivity index (χ0n) is 15.4. The average Bonchev–Trinajstić information content (AvgIpc) is 3.31. The minimum absolute atomic E-state index is 0.0715. The molecule has 1 aliphatic carbocycles. The van der Waals surface area contributed by atoms with Crippen LogP contribution < -0.4 is 5.32 Å². The highest BCUT2D eigenvalue weighted by Gasteiger charge is 2.23. The fraction of sp³-hybridized carbons (Fsp3) is 0.364. The molecule has 0 saturated heterocycles. The molecule has 0 aliphatic heterocycles. The molecule has 1 aromatic heterocycles. The van der Waals surface area contributed by atoms with E-state index in [0.29, 0.717) is 0 Å². The zero-order valence-corrected chi connectivity index (χ0v) is 15.4. The number of carbonyl (C=O) groups excluding carboxylic acids is 2. The van der Waals surface area contributed by atoms with Crippen molar-refractivity contribution in [2.24, 2.45) is 0 Å². The van der Waals surface area contributed by atoms with Crippen LogP contribution in [0.15, 0.2) is 47.1 Å². The van der Waals surface area contributed by atoms with Gasteiger partial charge >= 0.3 is 5.97 Å². The lowest BCUT2D eigenvalue weighted by atomic mass is 10.0. The van der Waals surface area contributed by atoms with Crippen LogP contribution >= 0.6 is 0 Å². The Balaban J connectivity index is 1.46. The first-order valence-corrected chi connectivity index (χ1v) is 9.49. The molecule has 5 nitrogen and oxygen atoms in total. The van der Waals surface area contributed by atoms with E-state index in [0.717, 1.165) is 53.0 Å². The lowest BCUT2D eigenvalue weighted by molar-refractivity contribution is -0.154. The topological polar surface area (TPSA) is 68.5 Å². The van der Waals surface area contributed by atoms with Gasteiger partial charge in [-0.1, -0.05) is 43.2 Å². The summed E-state index contributed by atoms with van der Waals surface area (Å²) < 4.78 is 11.0. The first kappa shape index (κ1) is 17.6. The lowest BCUT2D eigenvalue weighted by Crippen LogP contribution is -2.41. The molecule has 0 spiro atoms. The maximum Gasteiger partial charge on any atom is 0.311 e. The van der Waals surface area contributed by atoms with Gasteiger partial charge in [-0.3, -0.25) is 9.59 Å². The van der Waals surface area contributed by atoms with Gasteiger partial charge in [-0.25, -0.2) is 0 Å². The highest BCUT2D eigenvalue weighted by molar-refractivity contribution is 6.08. The first-order valence-electron chi connectivity index (χ1n) is 9.49. The molecule has 140 valence electrons. The Hall–Kier alpha value is -2.82. The molecule has 0 radical (unpaired) electrons. The van der Waals surface area contributed by atoms with Crippen molar-refractivity contribution in [2.75, 3.05) is 0 Å². The molecule has 4 rings (SSSR count).